The molecular formula is C19H23Cl2N5O. The molecule has 3 rings (SSSR count). The number of amides is 2. The van der Waals surface area contributed by atoms with Gasteiger partial charge in [0.2, 0.25) is 5.95 Å². The number of urea groups is 1. The largest absolute Gasteiger partial charge is 0.339 e. The molecule has 144 valence electrons. The molecule has 1 aromatic heterocycles. The summed E-state index contributed by atoms with van der Waals surface area (Å²) >= 11 is 12.3. The van der Waals surface area contributed by atoms with Crippen LogP contribution in [0.15, 0.2) is 36.7 Å². The van der Waals surface area contributed by atoms with E-state index in [1.807, 2.05) is 13.0 Å². The highest BCUT2D eigenvalue weighted by Crippen LogP contribution is 2.29. The number of halogens is 2. The minimum absolute atomic E-state index is 0.0467. The average Bonchev–Trinajstić information content (AvgIpc) is 2.68. The fourth-order valence-corrected chi connectivity index (χ4v) is 3.80. The second-order valence-electron chi connectivity index (χ2n) is 6.74. The zero-order chi connectivity index (χ0) is 19.4. The molecule has 1 aliphatic heterocycles. The Morgan fingerprint density at radius 3 is 2.78 bits per heavy atom. The van der Waals surface area contributed by atoms with Crippen molar-refractivity contribution in [3.63, 3.8) is 0 Å². The van der Waals surface area contributed by atoms with Gasteiger partial charge in [-0.2, -0.15) is 0 Å². The van der Waals surface area contributed by atoms with Gasteiger partial charge in [0.25, 0.3) is 0 Å². The zero-order valence-electron chi connectivity index (χ0n) is 15.4. The van der Waals surface area contributed by atoms with Gasteiger partial charge in [-0.15, -0.1) is 0 Å². The molecule has 6 nitrogen and oxygen atoms in total. The topological polar surface area (TPSA) is 61.4 Å². The molecule has 2 atom stereocenters. The maximum atomic E-state index is 12.7. The van der Waals surface area contributed by atoms with Crippen molar-refractivity contribution in [1.82, 2.24) is 20.2 Å². The van der Waals surface area contributed by atoms with E-state index in [2.05, 4.69) is 20.2 Å². The second-order valence-corrected chi connectivity index (χ2v) is 7.58. The molecule has 0 bridgehead atoms. The minimum atomic E-state index is -0.174. The van der Waals surface area contributed by atoms with Crippen molar-refractivity contribution in [2.75, 3.05) is 25.0 Å². The maximum Gasteiger partial charge on any atom is 0.317 e. The Kier molecular flexibility index (Phi) is 6.39. The molecule has 27 heavy (non-hydrogen) atoms. The van der Waals surface area contributed by atoms with Crippen molar-refractivity contribution in [2.45, 2.75) is 31.8 Å². The predicted molar refractivity (Wildman–Crippen MR) is 108 cm³/mol. The Hall–Kier alpha value is -2.05. The number of hydrogen-bond acceptors (Lipinski definition) is 4. The van der Waals surface area contributed by atoms with Gasteiger partial charge in [-0.1, -0.05) is 29.3 Å². The molecule has 1 saturated heterocycles. The van der Waals surface area contributed by atoms with Gasteiger partial charge in [0.15, 0.2) is 0 Å². The lowest BCUT2D eigenvalue weighted by Gasteiger charge is -2.35. The van der Waals surface area contributed by atoms with E-state index in [4.69, 9.17) is 23.2 Å². The Morgan fingerprint density at radius 1 is 1.33 bits per heavy atom. The van der Waals surface area contributed by atoms with E-state index >= 15 is 0 Å². The van der Waals surface area contributed by atoms with E-state index in [-0.39, 0.29) is 18.1 Å². The van der Waals surface area contributed by atoms with E-state index in [0.29, 0.717) is 22.5 Å². The third-order valence-corrected chi connectivity index (χ3v) is 5.46. The Balaban J connectivity index is 1.62. The van der Waals surface area contributed by atoms with E-state index in [0.717, 1.165) is 24.9 Å². The summed E-state index contributed by atoms with van der Waals surface area (Å²) in [4.78, 5) is 25.1. The minimum Gasteiger partial charge on any atom is -0.339 e. The molecule has 0 unspecified atom stereocenters. The molecule has 2 aromatic rings. The molecule has 1 N–H and O–H groups in total. The first-order valence-electron chi connectivity index (χ1n) is 8.96. The number of aromatic nitrogens is 2. The van der Waals surface area contributed by atoms with Crippen molar-refractivity contribution < 1.29 is 4.79 Å². The lowest BCUT2D eigenvalue weighted by atomic mass is 10.1. The van der Waals surface area contributed by atoms with Crippen LogP contribution in [0.3, 0.4) is 0 Å². The van der Waals surface area contributed by atoms with E-state index < -0.39 is 0 Å². The number of piperidine rings is 1. The fourth-order valence-electron chi connectivity index (χ4n) is 3.23. The summed E-state index contributed by atoms with van der Waals surface area (Å²) in [5.41, 5.74) is 0.863. The summed E-state index contributed by atoms with van der Waals surface area (Å²) in [5.74, 6) is 0.700. The lowest BCUT2D eigenvalue weighted by Crippen LogP contribution is -2.51. The number of rotatable bonds is 4. The molecule has 1 fully saturated rings. The summed E-state index contributed by atoms with van der Waals surface area (Å²) < 4.78 is 0. The summed E-state index contributed by atoms with van der Waals surface area (Å²) in [6.07, 6.45) is 5.37. The van der Waals surface area contributed by atoms with Gasteiger partial charge in [0.05, 0.1) is 6.04 Å². The van der Waals surface area contributed by atoms with Gasteiger partial charge in [0, 0.05) is 48.6 Å². The molecule has 1 aromatic carbocycles. The van der Waals surface area contributed by atoms with Crippen LogP contribution in [0.4, 0.5) is 10.7 Å². The van der Waals surface area contributed by atoms with Crippen LogP contribution in [-0.4, -0.2) is 47.1 Å². The number of nitrogens with zero attached hydrogens (tertiary/aromatic N) is 4. The van der Waals surface area contributed by atoms with Crippen LogP contribution in [-0.2, 0) is 0 Å². The number of anilines is 1. The number of hydrogen-bond donors (Lipinski definition) is 1. The quantitative estimate of drug-likeness (QED) is 0.826. The Labute approximate surface area is 169 Å². The number of carbonyl (C=O) groups excluding carboxylic acids is 1. The highest BCUT2D eigenvalue weighted by atomic mass is 35.5. The van der Waals surface area contributed by atoms with E-state index in [9.17, 15) is 4.79 Å². The number of nitrogens with one attached hydrogen (secondary N) is 1. The van der Waals surface area contributed by atoms with Crippen molar-refractivity contribution in [3.05, 3.63) is 52.3 Å². The Morgan fingerprint density at radius 2 is 2.07 bits per heavy atom. The summed E-state index contributed by atoms with van der Waals surface area (Å²) in [5, 5.41) is 4.25. The molecule has 0 saturated carbocycles. The summed E-state index contributed by atoms with van der Waals surface area (Å²) in [6, 6.07) is 6.87. The SMILES string of the molecule is C[C@@H](c1ccc(Cl)cc1Cl)N(C)C(=O)N[C@H]1CCCN(c2ncccn2)C1. The third-order valence-electron chi connectivity index (χ3n) is 4.90. The molecule has 0 aliphatic carbocycles. The standard InChI is InChI=1S/C19H23Cl2N5O/c1-13(16-7-6-14(20)11-17(16)21)25(2)19(27)24-15-5-3-10-26(12-15)18-22-8-4-9-23-18/h4,6-9,11,13,15H,3,5,10,12H2,1-2H3,(H,24,27)/t13-,15-/m0/s1. The van der Waals surface area contributed by atoms with E-state index in [1.54, 1.807) is 42.5 Å². The van der Waals surface area contributed by atoms with Crippen LogP contribution in [0.1, 0.15) is 31.4 Å². The molecule has 1 aliphatic rings. The monoisotopic (exact) mass is 407 g/mol. The second kappa shape index (κ2) is 8.76. The van der Waals surface area contributed by atoms with Crippen LogP contribution in [0.2, 0.25) is 10.0 Å². The van der Waals surface area contributed by atoms with Crippen LogP contribution in [0.5, 0.6) is 0 Å². The first-order valence-corrected chi connectivity index (χ1v) is 9.71. The number of carbonyl (C=O) groups is 1. The van der Waals surface area contributed by atoms with Gasteiger partial charge in [-0.05, 0) is 43.5 Å². The molecule has 0 spiro atoms. The summed E-state index contributed by atoms with van der Waals surface area (Å²) in [6.45, 7) is 3.53. The van der Waals surface area contributed by atoms with Crippen molar-refractivity contribution >= 4 is 35.2 Å². The van der Waals surface area contributed by atoms with Crippen LogP contribution < -0.4 is 10.2 Å². The van der Waals surface area contributed by atoms with Gasteiger partial charge in [-0.25, -0.2) is 14.8 Å². The predicted octanol–water partition coefficient (Wildman–Crippen LogP) is 4.15. The molecule has 0 radical (unpaired) electrons. The van der Waals surface area contributed by atoms with Crippen molar-refractivity contribution in [1.29, 1.82) is 0 Å². The smallest absolute Gasteiger partial charge is 0.317 e. The Bertz CT molecular complexity index is 789. The molecule has 8 heteroatoms. The molecule has 2 heterocycles. The van der Waals surface area contributed by atoms with Crippen LogP contribution in [0, 0.1) is 0 Å². The van der Waals surface area contributed by atoms with E-state index in [1.165, 1.54) is 0 Å². The maximum absolute atomic E-state index is 12.7. The molecular weight excluding hydrogens is 385 g/mol. The highest BCUT2D eigenvalue weighted by molar-refractivity contribution is 6.35. The summed E-state index contributed by atoms with van der Waals surface area (Å²) in [7, 11) is 1.77. The van der Waals surface area contributed by atoms with Crippen LogP contribution >= 0.6 is 23.2 Å². The fraction of sp³-hybridized carbons (Fsp3) is 0.421. The van der Waals surface area contributed by atoms with Gasteiger partial charge in [-0.3, -0.25) is 0 Å². The van der Waals surface area contributed by atoms with Crippen molar-refractivity contribution in [3.8, 4) is 0 Å². The lowest BCUT2D eigenvalue weighted by molar-refractivity contribution is 0.188. The van der Waals surface area contributed by atoms with Crippen molar-refractivity contribution in [2.24, 2.45) is 0 Å². The van der Waals surface area contributed by atoms with Gasteiger partial charge < -0.3 is 15.1 Å². The first-order chi connectivity index (χ1) is 13.0. The molecule has 2 amide bonds. The van der Waals surface area contributed by atoms with Gasteiger partial charge >= 0.3 is 6.03 Å². The number of benzene rings is 1. The average molecular weight is 408 g/mol. The van der Waals surface area contributed by atoms with Gasteiger partial charge in [0.1, 0.15) is 0 Å². The highest BCUT2D eigenvalue weighted by Gasteiger charge is 2.26. The van der Waals surface area contributed by atoms with Crippen LogP contribution in [0.25, 0.3) is 0 Å². The zero-order valence-corrected chi connectivity index (χ0v) is 16.9. The third kappa shape index (κ3) is 4.82. The first kappa shape index (κ1) is 19.7. The normalized spacial score (nSPS) is 18.1.